The molecule has 2 heteroatoms. The smallest absolute Gasteiger partial charge is 0.0271 e. The molecular weight excluding hydrogens is 148 g/mol. The molecule has 2 nitrogen and oxygen atoms in total. The Morgan fingerprint density at radius 1 is 1.42 bits per heavy atom. The van der Waals surface area contributed by atoms with Crippen LogP contribution in [0.4, 0.5) is 0 Å². The summed E-state index contributed by atoms with van der Waals surface area (Å²) >= 11 is 0. The molecule has 0 heterocycles. The van der Waals surface area contributed by atoms with Crippen molar-refractivity contribution in [1.82, 2.24) is 10.2 Å². The van der Waals surface area contributed by atoms with Crippen LogP contribution in [-0.4, -0.2) is 37.6 Å². The lowest BCUT2D eigenvalue weighted by Gasteiger charge is -2.32. The molecule has 0 aromatic carbocycles. The van der Waals surface area contributed by atoms with Gasteiger partial charge < -0.3 is 10.2 Å². The van der Waals surface area contributed by atoms with Gasteiger partial charge in [-0.1, -0.05) is 12.2 Å². The van der Waals surface area contributed by atoms with Gasteiger partial charge in [-0.05, 0) is 34.9 Å². The first-order valence-electron chi connectivity index (χ1n) is 4.39. The van der Waals surface area contributed by atoms with E-state index >= 15 is 0 Å². The van der Waals surface area contributed by atoms with Gasteiger partial charge in [-0.15, -0.1) is 0 Å². The number of likely N-dealkylation sites (N-methyl/N-ethyl adjacent to an activating group) is 1. The highest BCUT2D eigenvalue weighted by Gasteiger charge is 2.18. The topological polar surface area (TPSA) is 15.3 Å². The lowest BCUT2D eigenvalue weighted by atomic mass is 10.0. The monoisotopic (exact) mass is 170 g/mol. The molecule has 0 saturated carbocycles. The summed E-state index contributed by atoms with van der Waals surface area (Å²) in [5.74, 6) is 0. The van der Waals surface area contributed by atoms with Gasteiger partial charge in [0, 0.05) is 18.6 Å². The summed E-state index contributed by atoms with van der Waals surface area (Å²) in [4.78, 5) is 2.22. The number of rotatable bonds is 5. The summed E-state index contributed by atoms with van der Waals surface area (Å²) < 4.78 is 0. The molecule has 0 unspecified atom stereocenters. The second-order valence-corrected chi connectivity index (χ2v) is 4.27. The fraction of sp³-hybridized carbons (Fsp3) is 0.800. The van der Waals surface area contributed by atoms with Crippen LogP contribution in [0.1, 0.15) is 20.8 Å². The maximum absolute atomic E-state index is 3.84. The molecule has 0 atom stereocenters. The average Bonchev–Trinajstić information content (AvgIpc) is 1.85. The fourth-order valence-electron chi connectivity index (χ4n) is 0.740. The molecule has 0 aliphatic carbocycles. The fourth-order valence-corrected chi connectivity index (χ4v) is 0.740. The number of hydrogen-bond donors (Lipinski definition) is 1. The maximum atomic E-state index is 3.84. The molecule has 0 amide bonds. The Hall–Kier alpha value is -0.340. The van der Waals surface area contributed by atoms with Crippen LogP contribution in [0.25, 0.3) is 0 Å². The van der Waals surface area contributed by atoms with Crippen molar-refractivity contribution in [2.45, 2.75) is 26.3 Å². The van der Waals surface area contributed by atoms with Gasteiger partial charge in [0.2, 0.25) is 0 Å². The highest BCUT2D eigenvalue weighted by molar-refractivity contribution is 4.92. The molecule has 0 rings (SSSR count). The van der Waals surface area contributed by atoms with Crippen molar-refractivity contribution in [2.75, 3.05) is 27.2 Å². The molecule has 1 N–H and O–H groups in total. The summed E-state index contributed by atoms with van der Waals surface area (Å²) in [5.41, 5.74) is 1.40. The Morgan fingerprint density at radius 2 is 1.92 bits per heavy atom. The van der Waals surface area contributed by atoms with Crippen LogP contribution < -0.4 is 5.32 Å². The molecule has 0 aliphatic rings. The van der Waals surface area contributed by atoms with E-state index in [9.17, 15) is 0 Å². The maximum Gasteiger partial charge on any atom is 0.0271 e. The van der Waals surface area contributed by atoms with E-state index in [1.165, 1.54) is 5.57 Å². The minimum atomic E-state index is 0.218. The van der Waals surface area contributed by atoms with E-state index in [0.717, 1.165) is 13.1 Å². The van der Waals surface area contributed by atoms with Gasteiger partial charge in [0.1, 0.15) is 0 Å². The molecule has 0 spiro atoms. The SMILES string of the molecule is C=C(C)CNCC(C)(C)N(C)C. The van der Waals surface area contributed by atoms with E-state index < -0.39 is 0 Å². The predicted molar refractivity (Wildman–Crippen MR) is 55.4 cm³/mol. The van der Waals surface area contributed by atoms with Crippen molar-refractivity contribution in [3.05, 3.63) is 12.2 Å². The average molecular weight is 170 g/mol. The van der Waals surface area contributed by atoms with Gasteiger partial charge in [0.15, 0.2) is 0 Å². The highest BCUT2D eigenvalue weighted by atomic mass is 15.2. The van der Waals surface area contributed by atoms with Crippen LogP contribution in [0.2, 0.25) is 0 Å². The van der Waals surface area contributed by atoms with Crippen molar-refractivity contribution < 1.29 is 0 Å². The Balaban J connectivity index is 3.69. The molecule has 0 bridgehead atoms. The van der Waals surface area contributed by atoms with Crippen LogP contribution >= 0.6 is 0 Å². The van der Waals surface area contributed by atoms with E-state index in [0.29, 0.717) is 0 Å². The largest absolute Gasteiger partial charge is 0.311 e. The van der Waals surface area contributed by atoms with Gasteiger partial charge in [-0.25, -0.2) is 0 Å². The van der Waals surface area contributed by atoms with E-state index in [-0.39, 0.29) is 5.54 Å². The Morgan fingerprint density at radius 3 is 2.25 bits per heavy atom. The third-order valence-corrected chi connectivity index (χ3v) is 2.20. The minimum absolute atomic E-state index is 0.218. The Bertz CT molecular complexity index is 148. The van der Waals surface area contributed by atoms with Gasteiger partial charge in [-0.3, -0.25) is 0 Å². The highest BCUT2D eigenvalue weighted by Crippen LogP contribution is 2.07. The van der Waals surface area contributed by atoms with Crippen LogP contribution in [0.3, 0.4) is 0 Å². The summed E-state index contributed by atoms with van der Waals surface area (Å²) in [6.07, 6.45) is 0. The summed E-state index contributed by atoms with van der Waals surface area (Å²) in [5, 5.41) is 3.37. The summed E-state index contributed by atoms with van der Waals surface area (Å²) in [6.45, 7) is 12.2. The van der Waals surface area contributed by atoms with Crippen molar-refractivity contribution in [2.24, 2.45) is 0 Å². The standard InChI is InChI=1S/C10H22N2/c1-9(2)7-11-8-10(3,4)12(5)6/h11H,1,7-8H2,2-6H3. The first-order chi connectivity index (χ1) is 5.36. The van der Waals surface area contributed by atoms with Crippen molar-refractivity contribution >= 4 is 0 Å². The normalized spacial score (nSPS) is 12.2. The zero-order valence-corrected chi connectivity index (χ0v) is 9.07. The number of nitrogens with one attached hydrogen (secondary N) is 1. The van der Waals surface area contributed by atoms with E-state index in [1.807, 2.05) is 6.92 Å². The van der Waals surface area contributed by atoms with Crippen molar-refractivity contribution in [1.29, 1.82) is 0 Å². The second kappa shape index (κ2) is 4.63. The molecule has 12 heavy (non-hydrogen) atoms. The van der Waals surface area contributed by atoms with Crippen LogP contribution in [-0.2, 0) is 0 Å². The molecule has 72 valence electrons. The van der Waals surface area contributed by atoms with E-state index in [1.54, 1.807) is 0 Å². The molecule has 0 fully saturated rings. The van der Waals surface area contributed by atoms with E-state index in [2.05, 4.69) is 44.7 Å². The minimum Gasteiger partial charge on any atom is -0.311 e. The second-order valence-electron chi connectivity index (χ2n) is 4.27. The summed E-state index contributed by atoms with van der Waals surface area (Å²) in [6, 6.07) is 0. The van der Waals surface area contributed by atoms with Crippen LogP contribution in [0.5, 0.6) is 0 Å². The first-order valence-corrected chi connectivity index (χ1v) is 4.39. The van der Waals surface area contributed by atoms with Gasteiger partial charge in [-0.2, -0.15) is 0 Å². The lowest BCUT2D eigenvalue weighted by Crippen LogP contribution is -2.46. The Kier molecular flexibility index (Phi) is 4.50. The molecule has 0 radical (unpaired) electrons. The van der Waals surface area contributed by atoms with E-state index in [4.69, 9.17) is 0 Å². The third-order valence-electron chi connectivity index (χ3n) is 2.20. The van der Waals surface area contributed by atoms with Gasteiger partial charge >= 0.3 is 0 Å². The van der Waals surface area contributed by atoms with Crippen molar-refractivity contribution in [3.8, 4) is 0 Å². The molecule has 0 aromatic rings. The lowest BCUT2D eigenvalue weighted by molar-refractivity contribution is 0.192. The van der Waals surface area contributed by atoms with Crippen molar-refractivity contribution in [3.63, 3.8) is 0 Å². The first kappa shape index (κ1) is 11.7. The summed E-state index contributed by atoms with van der Waals surface area (Å²) in [7, 11) is 4.20. The predicted octanol–water partition coefficient (Wildman–Crippen LogP) is 1.49. The third kappa shape index (κ3) is 4.52. The molecule has 0 aliphatic heterocycles. The Labute approximate surface area is 76.6 Å². The van der Waals surface area contributed by atoms with Crippen LogP contribution in [0.15, 0.2) is 12.2 Å². The number of nitrogens with zero attached hydrogens (tertiary/aromatic N) is 1. The number of hydrogen-bond acceptors (Lipinski definition) is 2. The zero-order chi connectivity index (χ0) is 9.78. The molecule has 0 aromatic heterocycles. The zero-order valence-electron chi connectivity index (χ0n) is 9.07. The van der Waals surface area contributed by atoms with Gasteiger partial charge in [0.05, 0.1) is 0 Å². The van der Waals surface area contributed by atoms with Gasteiger partial charge in [0.25, 0.3) is 0 Å². The molecule has 0 saturated heterocycles. The quantitative estimate of drug-likeness (QED) is 0.629. The molecular formula is C10H22N2. The van der Waals surface area contributed by atoms with Crippen LogP contribution in [0, 0.1) is 0 Å².